The molecule has 39 heavy (non-hydrogen) atoms. The summed E-state index contributed by atoms with van der Waals surface area (Å²) in [5, 5.41) is 55.5. The van der Waals surface area contributed by atoms with Gasteiger partial charge in [-0.05, 0) is 33.7 Å². The van der Waals surface area contributed by atoms with Gasteiger partial charge in [-0.25, -0.2) is 0 Å². The van der Waals surface area contributed by atoms with Crippen LogP contribution in [0.25, 0.3) is 11.6 Å². The topological polar surface area (TPSA) is 178 Å². The molecule has 0 aromatic heterocycles. The number of hydrogen-bond donors (Lipinski definition) is 6. The van der Waals surface area contributed by atoms with E-state index in [1.165, 1.54) is 12.1 Å². The Balaban J connectivity index is 1.77. The number of aliphatic hydroxyl groups excluding tert-OH is 3. The molecule has 3 aliphatic carbocycles. The lowest BCUT2D eigenvalue weighted by molar-refractivity contribution is -0.152. The molecule has 9 heteroatoms. The number of Topliss-reactive ketones (excluding diaryl/α,β-unsaturated/α-hetero) is 2. The van der Waals surface area contributed by atoms with Crippen LogP contribution in [0.4, 0.5) is 0 Å². The van der Waals surface area contributed by atoms with E-state index in [2.05, 4.69) is 20.8 Å². The van der Waals surface area contributed by atoms with Crippen LogP contribution in [-0.4, -0.2) is 54.7 Å². The molecule has 0 heterocycles. The van der Waals surface area contributed by atoms with Crippen molar-refractivity contribution in [3.05, 3.63) is 87.4 Å². The first-order valence-corrected chi connectivity index (χ1v) is 12.5. The second-order valence-corrected chi connectivity index (χ2v) is 11.3. The number of nitrogens with two attached hydrogens (primary N) is 1. The molecule has 4 atom stereocenters. The second-order valence-electron chi connectivity index (χ2n) is 11.3. The number of phenols is 1. The highest BCUT2D eigenvalue weighted by atomic mass is 16.4. The van der Waals surface area contributed by atoms with E-state index in [0.29, 0.717) is 16.7 Å². The molecule has 7 N–H and O–H groups in total. The summed E-state index contributed by atoms with van der Waals surface area (Å²) in [4.78, 5) is 38.8. The van der Waals surface area contributed by atoms with E-state index in [-0.39, 0.29) is 16.7 Å². The van der Waals surface area contributed by atoms with Crippen molar-refractivity contribution in [2.75, 3.05) is 0 Å². The van der Waals surface area contributed by atoms with Gasteiger partial charge in [-0.1, -0.05) is 63.2 Å². The van der Waals surface area contributed by atoms with Gasteiger partial charge in [0.25, 0.3) is 5.91 Å². The third-order valence-corrected chi connectivity index (χ3v) is 8.00. The molecule has 2 aromatic carbocycles. The number of carbonyl (C=O) groups is 3. The van der Waals surface area contributed by atoms with Crippen molar-refractivity contribution in [3.63, 3.8) is 0 Å². The van der Waals surface area contributed by atoms with Crippen molar-refractivity contribution >= 4 is 29.1 Å². The van der Waals surface area contributed by atoms with Crippen molar-refractivity contribution in [1.29, 1.82) is 0 Å². The molecule has 202 valence electrons. The van der Waals surface area contributed by atoms with Crippen molar-refractivity contribution in [2.45, 2.75) is 44.3 Å². The number of phenolic OH excluding ortho intramolecular Hbond substituents is 1. The van der Waals surface area contributed by atoms with Crippen LogP contribution in [0.1, 0.15) is 54.2 Å². The second kappa shape index (κ2) is 8.65. The van der Waals surface area contributed by atoms with Crippen molar-refractivity contribution in [3.8, 4) is 5.75 Å². The highest BCUT2D eigenvalue weighted by molar-refractivity contribution is 6.25. The maximum atomic E-state index is 13.7. The van der Waals surface area contributed by atoms with Crippen LogP contribution >= 0.6 is 0 Å². The molecule has 0 saturated carbocycles. The Morgan fingerprint density at radius 3 is 2.28 bits per heavy atom. The average molecular weight is 532 g/mol. The number of carbonyl (C=O) groups excluding carboxylic acids is 3. The summed E-state index contributed by atoms with van der Waals surface area (Å²) in [6.45, 7) is 6.22. The van der Waals surface area contributed by atoms with Crippen LogP contribution in [-0.2, 0) is 15.0 Å². The zero-order valence-corrected chi connectivity index (χ0v) is 21.6. The van der Waals surface area contributed by atoms with Gasteiger partial charge in [0, 0.05) is 18.3 Å². The number of benzene rings is 2. The van der Waals surface area contributed by atoms with Gasteiger partial charge in [-0.3, -0.25) is 14.4 Å². The van der Waals surface area contributed by atoms with Gasteiger partial charge in [0.1, 0.15) is 22.8 Å². The Hall–Kier alpha value is -4.21. The summed E-state index contributed by atoms with van der Waals surface area (Å²) in [5.41, 5.74) is 3.14. The van der Waals surface area contributed by atoms with Gasteiger partial charge in [0.2, 0.25) is 5.78 Å². The SMILES string of the molecule is CC(C)(C)c1ccc(/C=C2\c3cccc(O)c3C(=O)C3=C(O)[C@]4(O)C(=O)C(C(N)=O)=C(O)C[C@@H]4[C@@H](O)[C@@H]32)cc1. The summed E-state index contributed by atoms with van der Waals surface area (Å²) in [6, 6.07) is 12.0. The highest BCUT2D eigenvalue weighted by Gasteiger charge is 2.63. The highest BCUT2D eigenvalue weighted by Crippen LogP contribution is 2.55. The molecule has 0 spiro atoms. The summed E-state index contributed by atoms with van der Waals surface area (Å²) < 4.78 is 0. The summed E-state index contributed by atoms with van der Waals surface area (Å²) >= 11 is 0. The fourth-order valence-corrected chi connectivity index (χ4v) is 5.95. The van der Waals surface area contributed by atoms with Crippen molar-refractivity contribution < 1.29 is 39.9 Å². The molecule has 0 fully saturated rings. The van der Waals surface area contributed by atoms with E-state index in [9.17, 15) is 39.9 Å². The molecule has 1 amide bonds. The monoisotopic (exact) mass is 531 g/mol. The molecular weight excluding hydrogens is 502 g/mol. The predicted molar refractivity (Wildman–Crippen MR) is 142 cm³/mol. The number of rotatable bonds is 2. The standard InChI is InChI=1S/C30H29NO8/c1-29(2,3)14-9-7-13(8-10-14)11-16-15-5-4-6-18(32)20(15)25(35)23-21(16)24(34)17-12-19(33)22(28(31)38)26(36)30(17,39)27(23)37/h4-11,17,21,24,32-34,37,39H,12H2,1-3H3,(H2,31,38)/b16-11+/t17-,21-,24-,30-/m1/s1. The number of hydrogen-bond acceptors (Lipinski definition) is 8. The fraction of sp³-hybridized carbons (Fsp3) is 0.300. The van der Waals surface area contributed by atoms with E-state index in [1.54, 1.807) is 12.1 Å². The van der Waals surface area contributed by atoms with Crippen LogP contribution in [0.2, 0.25) is 0 Å². The van der Waals surface area contributed by atoms with Gasteiger partial charge in [0.05, 0.1) is 17.2 Å². The normalized spacial score (nSPS) is 27.8. The van der Waals surface area contributed by atoms with E-state index >= 15 is 0 Å². The van der Waals surface area contributed by atoms with Gasteiger partial charge >= 0.3 is 0 Å². The number of primary amides is 1. The molecular formula is C30H29NO8. The van der Waals surface area contributed by atoms with Crippen molar-refractivity contribution in [2.24, 2.45) is 17.6 Å². The van der Waals surface area contributed by atoms with E-state index < -0.39 is 70.1 Å². The zero-order chi connectivity index (χ0) is 28.6. The first-order valence-electron chi connectivity index (χ1n) is 12.5. The smallest absolute Gasteiger partial charge is 0.255 e. The minimum atomic E-state index is -2.89. The molecule has 3 aliphatic rings. The van der Waals surface area contributed by atoms with E-state index in [1.807, 2.05) is 24.3 Å². The lowest BCUT2D eigenvalue weighted by atomic mass is 9.57. The number of aromatic hydroxyl groups is 1. The number of fused-ring (bicyclic) bond motifs is 3. The maximum absolute atomic E-state index is 13.7. The van der Waals surface area contributed by atoms with Crippen LogP contribution in [0.15, 0.2) is 65.1 Å². The predicted octanol–water partition coefficient (Wildman–Crippen LogP) is 2.85. The van der Waals surface area contributed by atoms with Crippen LogP contribution in [0, 0.1) is 11.8 Å². The molecule has 2 aromatic rings. The summed E-state index contributed by atoms with van der Waals surface area (Å²) in [7, 11) is 0. The Bertz CT molecular complexity index is 1540. The molecule has 0 unspecified atom stereocenters. The Morgan fingerprint density at radius 2 is 1.69 bits per heavy atom. The summed E-state index contributed by atoms with van der Waals surface area (Å²) in [5.74, 6) is -8.51. The van der Waals surface area contributed by atoms with Crippen LogP contribution < -0.4 is 5.73 Å². The molecule has 0 bridgehead atoms. The summed E-state index contributed by atoms with van der Waals surface area (Å²) in [6.07, 6.45) is -0.497. The lowest BCUT2D eigenvalue weighted by Crippen LogP contribution is -2.62. The minimum absolute atomic E-state index is 0.0974. The minimum Gasteiger partial charge on any atom is -0.511 e. The molecule has 0 radical (unpaired) electrons. The number of ketones is 2. The largest absolute Gasteiger partial charge is 0.511 e. The Morgan fingerprint density at radius 1 is 1.05 bits per heavy atom. The van der Waals surface area contributed by atoms with Crippen LogP contribution in [0.5, 0.6) is 5.75 Å². The molecule has 0 saturated heterocycles. The number of allylic oxidation sites excluding steroid dienone is 1. The third kappa shape index (κ3) is 3.72. The Labute approximate surface area is 224 Å². The molecule has 0 aliphatic heterocycles. The van der Waals surface area contributed by atoms with Gasteiger partial charge in [-0.15, -0.1) is 0 Å². The number of amides is 1. The number of aliphatic hydroxyl groups is 4. The zero-order valence-electron chi connectivity index (χ0n) is 21.6. The van der Waals surface area contributed by atoms with Gasteiger partial charge in [-0.2, -0.15) is 0 Å². The van der Waals surface area contributed by atoms with Gasteiger partial charge < -0.3 is 31.3 Å². The van der Waals surface area contributed by atoms with E-state index in [4.69, 9.17) is 5.73 Å². The van der Waals surface area contributed by atoms with Crippen molar-refractivity contribution in [1.82, 2.24) is 0 Å². The average Bonchev–Trinajstić information content (AvgIpc) is 2.85. The Kier molecular flexibility index (Phi) is 5.86. The lowest BCUT2D eigenvalue weighted by Gasteiger charge is -2.49. The first-order chi connectivity index (χ1) is 18.2. The van der Waals surface area contributed by atoms with Crippen LogP contribution in [0.3, 0.4) is 0 Å². The molecule has 5 rings (SSSR count). The quantitative estimate of drug-likeness (QED) is 0.320. The third-order valence-electron chi connectivity index (χ3n) is 8.00. The maximum Gasteiger partial charge on any atom is 0.255 e. The van der Waals surface area contributed by atoms with Gasteiger partial charge in [0.15, 0.2) is 11.4 Å². The fourth-order valence-electron chi connectivity index (χ4n) is 5.95. The molecule has 9 nitrogen and oxygen atoms in total. The first kappa shape index (κ1) is 26.4. The van der Waals surface area contributed by atoms with E-state index in [0.717, 1.165) is 5.56 Å².